The molecule has 0 fully saturated rings. The van der Waals surface area contributed by atoms with Crippen molar-refractivity contribution < 1.29 is 5.11 Å². The number of halogens is 1. The average molecular weight is 438 g/mol. The van der Waals surface area contributed by atoms with E-state index in [1.165, 1.54) is 0 Å². The van der Waals surface area contributed by atoms with Crippen molar-refractivity contribution in [3.05, 3.63) is 74.5 Å². The molecule has 0 bridgehead atoms. The molecule has 3 heterocycles. The number of anilines is 2. The van der Waals surface area contributed by atoms with Gasteiger partial charge in [-0.2, -0.15) is 9.78 Å². The van der Waals surface area contributed by atoms with Crippen molar-refractivity contribution in [3.63, 3.8) is 0 Å². The van der Waals surface area contributed by atoms with Gasteiger partial charge >= 0.3 is 0 Å². The van der Waals surface area contributed by atoms with Gasteiger partial charge in [0.1, 0.15) is 17.5 Å². The van der Waals surface area contributed by atoms with Crippen molar-refractivity contribution in [3.8, 4) is 17.0 Å². The predicted molar refractivity (Wildman–Crippen MR) is 104 cm³/mol. The first-order valence-corrected chi connectivity index (χ1v) is 9.13. The summed E-state index contributed by atoms with van der Waals surface area (Å²) >= 11 is 3.43. The maximum absolute atomic E-state index is 12.6. The van der Waals surface area contributed by atoms with E-state index in [1.807, 2.05) is 24.3 Å². The molecule has 2 aromatic heterocycles. The fraction of sp³-hybridized carbons (Fsp3) is 0.0556. The molecule has 0 saturated carbocycles. The van der Waals surface area contributed by atoms with Gasteiger partial charge in [-0.3, -0.25) is 4.79 Å². The molecule has 0 spiro atoms. The van der Waals surface area contributed by atoms with Crippen LogP contribution >= 0.6 is 15.9 Å². The molecule has 1 aliphatic rings. The number of H-pyrrole nitrogens is 1. The minimum absolute atomic E-state index is 0.145. The number of nitrogens with one attached hydrogen (secondary N) is 2. The van der Waals surface area contributed by atoms with Crippen LogP contribution in [-0.2, 0) is 0 Å². The van der Waals surface area contributed by atoms with Crippen molar-refractivity contribution in [1.29, 1.82) is 0 Å². The number of aromatic hydroxyl groups is 1. The van der Waals surface area contributed by atoms with Gasteiger partial charge in [-0.05, 0) is 40.3 Å². The largest absolute Gasteiger partial charge is 0.508 e. The van der Waals surface area contributed by atoms with Crippen LogP contribution in [0.15, 0.2) is 57.8 Å². The number of aromatic nitrogens is 6. The van der Waals surface area contributed by atoms with Gasteiger partial charge in [0.25, 0.3) is 5.56 Å². The summed E-state index contributed by atoms with van der Waals surface area (Å²) in [5.41, 5.74) is 2.87. The molecule has 138 valence electrons. The summed E-state index contributed by atoms with van der Waals surface area (Å²) in [5, 5.41) is 31.3. The van der Waals surface area contributed by atoms with E-state index in [2.05, 4.69) is 47.0 Å². The van der Waals surface area contributed by atoms with E-state index < -0.39 is 6.04 Å². The molecule has 10 heteroatoms. The third kappa shape index (κ3) is 2.57. The van der Waals surface area contributed by atoms with E-state index in [4.69, 9.17) is 0 Å². The summed E-state index contributed by atoms with van der Waals surface area (Å²) in [5.74, 6) is 0.496. The molecule has 1 atom stereocenters. The number of aromatic amines is 1. The van der Waals surface area contributed by atoms with Crippen molar-refractivity contribution in [2.75, 3.05) is 5.32 Å². The Morgan fingerprint density at radius 3 is 2.57 bits per heavy atom. The summed E-state index contributed by atoms with van der Waals surface area (Å²) < 4.78 is 2.53. The number of rotatable bonds is 2. The molecular weight excluding hydrogens is 426 g/mol. The van der Waals surface area contributed by atoms with Crippen LogP contribution in [-0.4, -0.2) is 35.5 Å². The highest BCUT2D eigenvalue weighted by atomic mass is 79.9. The fourth-order valence-electron chi connectivity index (χ4n) is 3.33. The van der Waals surface area contributed by atoms with E-state index in [9.17, 15) is 9.90 Å². The molecule has 1 aliphatic heterocycles. The van der Waals surface area contributed by atoms with Crippen molar-refractivity contribution in [1.82, 2.24) is 30.4 Å². The summed E-state index contributed by atoms with van der Waals surface area (Å²) in [4.78, 5) is 12.6. The second-order valence-electron chi connectivity index (χ2n) is 6.26. The molecule has 4 aromatic rings. The molecule has 28 heavy (non-hydrogen) atoms. The van der Waals surface area contributed by atoms with Crippen LogP contribution in [0.1, 0.15) is 17.2 Å². The number of phenolic OH excluding ortho intramolecular Hbond substituents is 1. The van der Waals surface area contributed by atoms with Gasteiger partial charge in [0.05, 0.1) is 5.69 Å². The Hall–Kier alpha value is -3.53. The molecule has 0 radical (unpaired) electrons. The molecular formula is C18H12BrN7O2. The summed E-state index contributed by atoms with van der Waals surface area (Å²) in [6, 6.07) is 13.9. The van der Waals surface area contributed by atoms with Gasteiger partial charge in [0.2, 0.25) is 5.95 Å². The van der Waals surface area contributed by atoms with Crippen molar-refractivity contribution in [2.24, 2.45) is 0 Å². The Morgan fingerprint density at radius 1 is 1.07 bits per heavy atom. The molecule has 0 saturated heterocycles. The lowest BCUT2D eigenvalue weighted by Gasteiger charge is -2.27. The number of tetrazole rings is 1. The van der Waals surface area contributed by atoms with E-state index >= 15 is 0 Å². The van der Waals surface area contributed by atoms with Crippen LogP contribution in [0.25, 0.3) is 11.3 Å². The topological polar surface area (TPSA) is 122 Å². The van der Waals surface area contributed by atoms with Gasteiger partial charge in [0.15, 0.2) is 0 Å². The number of nitrogens with zero attached hydrogens (tertiary/aromatic N) is 5. The SMILES string of the molecule is O=c1[nH]nc(-c2ccc(Br)cc2)c2c1Nc1nnnn1[C@@H]2c1ccc(O)cc1. The Bertz CT molecular complexity index is 1230. The second-order valence-corrected chi connectivity index (χ2v) is 7.18. The van der Waals surface area contributed by atoms with Gasteiger partial charge in [0, 0.05) is 15.6 Å². The molecule has 0 aliphatic carbocycles. The van der Waals surface area contributed by atoms with Gasteiger partial charge < -0.3 is 10.4 Å². The van der Waals surface area contributed by atoms with Crippen LogP contribution in [0.4, 0.5) is 11.6 Å². The molecule has 3 N–H and O–H groups in total. The molecule has 2 aromatic carbocycles. The van der Waals surface area contributed by atoms with Crippen LogP contribution in [0.5, 0.6) is 5.75 Å². The van der Waals surface area contributed by atoms with Gasteiger partial charge in [-0.15, -0.1) is 0 Å². The van der Waals surface area contributed by atoms with Crippen LogP contribution in [0.3, 0.4) is 0 Å². The lowest BCUT2D eigenvalue weighted by Crippen LogP contribution is -2.29. The summed E-state index contributed by atoms with van der Waals surface area (Å²) in [6.07, 6.45) is 0. The standard InChI is InChI=1S/C18H12BrN7O2/c19-11-5-1-9(2-6-11)14-13-15(17(28)22-21-14)20-18-23-24-25-26(18)16(13)10-3-7-12(27)8-4-10/h1-8,16,27H,(H,22,28)(H,20,23,25)/t16-/m1/s1. The van der Waals surface area contributed by atoms with Crippen LogP contribution in [0, 0.1) is 0 Å². The van der Waals surface area contributed by atoms with Crippen LogP contribution < -0.4 is 10.9 Å². The lowest BCUT2D eigenvalue weighted by molar-refractivity contribution is 0.474. The number of hydrogen-bond acceptors (Lipinski definition) is 7. The first-order valence-electron chi connectivity index (χ1n) is 8.34. The zero-order chi connectivity index (χ0) is 19.3. The Labute approximate surface area is 166 Å². The highest BCUT2D eigenvalue weighted by Gasteiger charge is 2.34. The molecule has 0 amide bonds. The molecule has 5 rings (SSSR count). The number of fused-ring (bicyclic) bond motifs is 2. The van der Waals surface area contributed by atoms with Crippen LogP contribution in [0.2, 0.25) is 0 Å². The quantitative estimate of drug-likeness (QED) is 0.387. The number of hydrogen-bond donors (Lipinski definition) is 3. The number of benzene rings is 2. The van der Waals surface area contributed by atoms with E-state index in [-0.39, 0.29) is 11.3 Å². The average Bonchev–Trinajstić information content (AvgIpc) is 3.17. The highest BCUT2D eigenvalue weighted by molar-refractivity contribution is 9.10. The minimum Gasteiger partial charge on any atom is -0.508 e. The maximum atomic E-state index is 12.6. The van der Waals surface area contributed by atoms with Gasteiger partial charge in [-0.1, -0.05) is 45.3 Å². The fourth-order valence-corrected chi connectivity index (χ4v) is 3.59. The van der Waals surface area contributed by atoms with Crippen molar-refractivity contribution >= 4 is 27.6 Å². The van der Waals surface area contributed by atoms with E-state index in [1.54, 1.807) is 28.9 Å². The lowest BCUT2D eigenvalue weighted by atomic mass is 9.92. The normalized spacial score (nSPS) is 14.8. The Morgan fingerprint density at radius 2 is 1.82 bits per heavy atom. The predicted octanol–water partition coefficient (Wildman–Crippen LogP) is 2.59. The van der Waals surface area contributed by atoms with E-state index in [0.717, 1.165) is 15.6 Å². The smallest absolute Gasteiger partial charge is 0.288 e. The third-order valence-electron chi connectivity index (χ3n) is 4.59. The molecule has 0 unspecified atom stereocenters. The monoisotopic (exact) mass is 437 g/mol. The minimum atomic E-state index is -0.490. The second kappa shape index (κ2) is 6.27. The summed E-state index contributed by atoms with van der Waals surface area (Å²) in [7, 11) is 0. The van der Waals surface area contributed by atoms with Gasteiger partial charge in [-0.25, -0.2) is 5.10 Å². The zero-order valence-corrected chi connectivity index (χ0v) is 15.8. The third-order valence-corrected chi connectivity index (χ3v) is 5.12. The Kier molecular flexibility index (Phi) is 3.72. The maximum Gasteiger partial charge on any atom is 0.288 e. The highest BCUT2D eigenvalue weighted by Crippen LogP contribution is 2.41. The summed E-state index contributed by atoms with van der Waals surface area (Å²) in [6.45, 7) is 0. The van der Waals surface area contributed by atoms with E-state index in [0.29, 0.717) is 22.9 Å². The van der Waals surface area contributed by atoms with Crippen molar-refractivity contribution in [2.45, 2.75) is 6.04 Å². The first kappa shape index (κ1) is 16.6. The zero-order valence-electron chi connectivity index (χ0n) is 14.2. The molecule has 9 nitrogen and oxygen atoms in total. The Balaban J connectivity index is 1.81. The number of phenols is 1. The first-order chi connectivity index (χ1) is 13.6.